The Morgan fingerprint density at radius 1 is 0.620 bits per heavy atom. The van der Waals surface area contributed by atoms with E-state index in [0.29, 0.717) is 33.8 Å². The van der Waals surface area contributed by atoms with E-state index >= 15 is 0 Å². The van der Waals surface area contributed by atoms with Crippen LogP contribution in [0.4, 0.5) is 0 Å². The summed E-state index contributed by atoms with van der Waals surface area (Å²) in [6.07, 6.45) is 6.24. The number of hydrogen-bond acceptors (Lipinski definition) is 2. The van der Waals surface area contributed by atoms with Crippen molar-refractivity contribution < 1.29 is 44.1 Å². The van der Waals surface area contributed by atoms with Crippen molar-refractivity contribution in [3.05, 3.63) is 223 Å². The Bertz CT molecular complexity index is 4290. The molecule has 0 amide bonds. The van der Waals surface area contributed by atoms with Crippen LogP contribution in [0.15, 0.2) is 188 Å². The van der Waals surface area contributed by atoms with Gasteiger partial charge in [0.1, 0.15) is 5.82 Å². The van der Waals surface area contributed by atoms with Gasteiger partial charge >= 0.3 is 0 Å². The Labute approximate surface area is 445 Å². The SMILES string of the molecule is [2H]c1c([2H])c([2H])c(-c2cc(-c3ccc4c(c3)C(C)(C)CC4(C)C)cc(-c3c([2H])c([2H])c([2H])c([2H])c3[2H])c2-[n+]2[c-]n(-c3[c-]c(Oc4[c-]c5c(cc4)c4ccccc4n5-c4cc(C(C)(C)C)ccn4)ccc3)c3ccccc32)c([2H])c1[2H].[Pt]. The van der Waals surface area contributed by atoms with Crippen molar-refractivity contribution in [3.63, 3.8) is 0 Å². The van der Waals surface area contributed by atoms with Gasteiger partial charge in [-0.1, -0.05) is 175 Å². The average Bonchev–Trinajstić information content (AvgIpc) is 3.17. The van der Waals surface area contributed by atoms with E-state index in [1.54, 1.807) is 27.3 Å². The number of nitrogens with zero attached hydrogens (tertiary/aromatic N) is 4. The van der Waals surface area contributed by atoms with Crippen molar-refractivity contribution in [2.45, 2.75) is 71.1 Å². The number of rotatable bonds is 8. The third kappa shape index (κ3) is 8.11. The predicted molar refractivity (Wildman–Crippen MR) is 286 cm³/mol. The summed E-state index contributed by atoms with van der Waals surface area (Å²) in [6, 6.07) is 40.5. The van der Waals surface area contributed by atoms with Crippen LogP contribution in [0, 0.1) is 18.5 Å². The zero-order valence-electron chi connectivity index (χ0n) is 50.3. The minimum absolute atomic E-state index is 0. The van der Waals surface area contributed by atoms with E-state index in [9.17, 15) is 5.48 Å². The quantitative estimate of drug-likeness (QED) is 0.112. The van der Waals surface area contributed by atoms with Gasteiger partial charge in [0.25, 0.3) is 6.33 Å². The van der Waals surface area contributed by atoms with Crippen molar-refractivity contribution in [1.29, 1.82) is 0 Å². The zero-order valence-corrected chi connectivity index (χ0v) is 42.6. The second kappa shape index (κ2) is 17.5. The molecule has 0 N–H and O–H groups in total. The summed E-state index contributed by atoms with van der Waals surface area (Å²) in [5.41, 5.74) is 7.84. The molecule has 3 heterocycles. The van der Waals surface area contributed by atoms with Crippen LogP contribution in [0.2, 0.25) is 0 Å². The minimum atomic E-state index is -0.577. The summed E-state index contributed by atoms with van der Waals surface area (Å²) in [5.74, 6) is 1.54. The summed E-state index contributed by atoms with van der Waals surface area (Å²) >= 11 is 0. The van der Waals surface area contributed by atoms with E-state index in [0.717, 1.165) is 50.7 Å². The van der Waals surface area contributed by atoms with Crippen molar-refractivity contribution >= 4 is 32.8 Å². The van der Waals surface area contributed by atoms with Crippen LogP contribution in [0.25, 0.3) is 83.4 Å². The number of benzene rings is 8. The largest absolute Gasteiger partial charge is 0.510 e. The van der Waals surface area contributed by atoms with Crippen LogP contribution >= 0.6 is 0 Å². The number of fused-ring (bicyclic) bond motifs is 5. The number of ether oxygens (including phenoxy) is 1. The second-order valence-electron chi connectivity index (χ2n) is 20.5. The third-order valence-electron chi connectivity index (χ3n) is 13.7. The van der Waals surface area contributed by atoms with E-state index in [1.807, 2.05) is 79.0 Å². The summed E-state index contributed by atoms with van der Waals surface area (Å²) < 4.78 is 103. The van der Waals surface area contributed by atoms with Gasteiger partial charge in [-0.2, -0.15) is 18.2 Å². The van der Waals surface area contributed by atoms with Gasteiger partial charge in [-0.05, 0) is 114 Å². The van der Waals surface area contributed by atoms with Crippen molar-refractivity contribution in [1.82, 2.24) is 14.1 Å². The van der Waals surface area contributed by atoms with Gasteiger partial charge in [-0.3, -0.25) is 4.57 Å². The minimum Gasteiger partial charge on any atom is -0.510 e. The van der Waals surface area contributed by atoms with Crippen LogP contribution in [-0.4, -0.2) is 14.1 Å². The van der Waals surface area contributed by atoms with Crippen LogP contribution in [0.3, 0.4) is 0 Å². The molecule has 71 heavy (non-hydrogen) atoms. The molecule has 3 aromatic heterocycles. The third-order valence-corrected chi connectivity index (χ3v) is 13.7. The monoisotopic (exact) mass is 1110 g/mol. The van der Waals surface area contributed by atoms with Gasteiger partial charge in [0.2, 0.25) is 0 Å². The van der Waals surface area contributed by atoms with E-state index < -0.39 is 60.4 Å². The molecule has 0 aliphatic heterocycles. The first-order chi connectivity index (χ1) is 37.9. The second-order valence-corrected chi connectivity index (χ2v) is 20.5. The topological polar surface area (TPSA) is 35.9 Å². The molecule has 0 spiro atoms. The molecule has 0 fully saturated rings. The van der Waals surface area contributed by atoms with Crippen LogP contribution < -0.4 is 9.30 Å². The van der Waals surface area contributed by atoms with E-state index in [1.165, 1.54) is 5.56 Å². The molecule has 8 aromatic carbocycles. The maximum Gasteiger partial charge on any atom is 0.268 e. The van der Waals surface area contributed by atoms with E-state index in [2.05, 4.69) is 102 Å². The number of pyridine rings is 1. The van der Waals surface area contributed by atoms with Crippen LogP contribution in [-0.2, 0) is 37.3 Å². The molecule has 5 nitrogen and oxygen atoms in total. The van der Waals surface area contributed by atoms with E-state index in [4.69, 9.17) is 17.9 Å². The molecular formula is C65H54N4OPt-2. The van der Waals surface area contributed by atoms with Gasteiger partial charge in [0.05, 0.1) is 30.4 Å². The van der Waals surface area contributed by atoms with Gasteiger partial charge in [0, 0.05) is 44.3 Å². The fourth-order valence-corrected chi connectivity index (χ4v) is 10.7. The van der Waals surface area contributed by atoms with Crippen molar-refractivity contribution in [2.24, 2.45) is 0 Å². The van der Waals surface area contributed by atoms with Gasteiger partial charge in [0.15, 0.2) is 0 Å². The van der Waals surface area contributed by atoms with Gasteiger partial charge in [-0.15, -0.1) is 29.7 Å². The molecule has 6 heteroatoms. The molecular weight excluding hydrogens is 1050 g/mol. The molecule has 0 bridgehead atoms. The normalized spacial score (nSPS) is 15.9. The number of hydrogen-bond donors (Lipinski definition) is 0. The fraction of sp³-hybridized carbons (Fsp3) is 0.169. The summed E-state index contributed by atoms with van der Waals surface area (Å²) in [6.45, 7) is 15.4. The molecule has 0 saturated heterocycles. The standard InChI is InChI=1S/C65H54N4O.Pt/c1-63(2,3)47-33-34-66-61(38-47)69-57-26-15-14-25-51(57)52-31-30-50(40-60(52)69)70-49-24-18-23-48(39-49)67-42-68(59-28-17-16-27-58(59)67)62-53(43-19-10-8-11-20-43)35-46(36-54(62)44-21-12-9-13-22-44)45-29-32-55-56(37-45)65(6,7)41-64(55,4)5;/h8-38H,41H2,1-7H3;/q-2;/i8D,9D,10D,11D,12D,13D,19D,20D,21D,22D;. The summed E-state index contributed by atoms with van der Waals surface area (Å²) in [4.78, 5) is 4.83. The van der Waals surface area contributed by atoms with Crippen molar-refractivity contribution in [2.75, 3.05) is 0 Å². The molecule has 12 rings (SSSR count). The van der Waals surface area contributed by atoms with Crippen molar-refractivity contribution in [3.8, 4) is 62.1 Å². The number of aromatic nitrogens is 4. The fourth-order valence-electron chi connectivity index (χ4n) is 10.7. The van der Waals surface area contributed by atoms with Crippen LogP contribution in [0.1, 0.15) is 85.3 Å². The molecule has 0 saturated carbocycles. The average molecular weight is 1110 g/mol. The maximum atomic E-state index is 9.45. The van der Waals surface area contributed by atoms with Gasteiger partial charge in [-0.25, -0.2) is 4.98 Å². The maximum absolute atomic E-state index is 9.45. The molecule has 0 atom stereocenters. The first-order valence-corrected chi connectivity index (χ1v) is 23.5. The number of para-hydroxylation sites is 3. The Morgan fingerprint density at radius 2 is 1.28 bits per heavy atom. The molecule has 11 aromatic rings. The summed E-state index contributed by atoms with van der Waals surface area (Å²) in [5, 5.41) is 2.02. The smallest absolute Gasteiger partial charge is 0.268 e. The zero-order chi connectivity index (χ0) is 56.6. The Morgan fingerprint density at radius 3 is 2.00 bits per heavy atom. The Balaban J connectivity index is 0.00000690. The molecule has 1 aliphatic carbocycles. The predicted octanol–water partition coefficient (Wildman–Crippen LogP) is 15.8. The molecule has 352 valence electrons. The van der Waals surface area contributed by atoms with Crippen LogP contribution in [0.5, 0.6) is 11.5 Å². The molecule has 1 aliphatic rings. The summed E-state index contributed by atoms with van der Waals surface area (Å²) in [7, 11) is 0. The number of imidazole rings is 1. The Hall–Kier alpha value is -7.33. The Kier molecular flexibility index (Phi) is 8.81. The first-order valence-electron chi connectivity index (χ1n) is 28.5. The first kappa shape index (κ1) is 35.7. The molecule has 0 radical (unpaired) electrons. The van der Waals surface area contributed by atoms with E-state index in [-0.39, 0.29) is 65.3 Å². The molecule has 0 unspecified atom stereocenters. The van der Waals surface area contributed by atoms with Gasteiger partial charge < -0.3 is 13.9 Å².